The first kappa shape index (κ1) is 15.1. The Morgan fingerprint density at radius 1 is 1.19 bits per heavy atom. The van der Waals surface area contributed by atoms with E-state index in [1.54, 1.807) is 13.0 Å². The van der Waals surface area contributed by atoms with Gasteiger partial charge in [0.05, 0.1) is 18.0 Å². The van der Waals surface area contributed by atoms with E-state index in [-0.39, 0.29) is 12.6 Å². The monoisotopic (exact) mass is 299 g/mol. The van der Waals surface area contributed by atoms with Gasteiger partial charge in [0.15, 0.2) is 0 Å². The molecule has 2 N–H and O–H groups in total. The van der Waals surface area contributed by atoms with Gasteiger partial charge in [0.1, 0.15) is 0 Å². The van der Waals surface area contributed by atoms with Crippen LogP contribution in [0.3, 0.4) is 0 Å². The van der Waals surface area contributed by atoms with Gasteiger partial charge in [-0.25, -0.2) is 9.97 Å². The first-order valence-electron chi connectivity index (χ1n) is 6.04. The van der Waals surface area contributed by atoms with E-state index in [1.165, 1.54) is 0 Å². The van der Waals surface area contributed by atoms with Crippen molar-refractivity contribution in [3.8, 4) is 17.3 Å². The van der Waals surface area contributed by atoms with Crippen LogP contribution in [0, 0.1) is 0 Å². The Balaban J connectivity index is 2.39. The van der Waals surface area contributed by atoms with Crippen molar-refractivity contribution in [3.05, 3.63) is 30.0 Å². The van der Waals surface area contributed by atoms with Gasteiger partial charge in [-0.15, -0.1) is 0 Å². The van der Waals surface area contributed by atoms with Gasteiger partial charge in [-0.1, -0.05) is 0 Å². The predicted molar refractivity (Wildman–Crippen MR) is 67.1 cm³/mol. The summed E-state index contributed by atoms with van der Waals surface area (Å²) in [6.07, 6.45) is -2.48. The molecule has 0 spiro atoms. The van der Waals surface area contributed by atoms with Crippen LogP contribution < -0.4 is 10.5 Å². The summed E-state index contributed by atoms with van der Waals surface area (Å²) in [5.74, 6) is -1.20. The van der Waals surface area contributed by atoms with Crippen LogP contribution >= 0.6 is 0 Å². The molecule has 0 bridgehead atoms. The Morgan fingerprint density at radius 3 is 2.38 bits per heavy atom. The summed E-state index contributed by atoms with van der Waals surface area (Å²) < 4.78 is 42.4. The van der Waals surface area contributed by atoms with Crippen LogP contribution in [-0.2, 0) is 12.7 Å². The van der Waals surface area contributed by atoms with Crippen molar-refractivity contribution < 1.29 is 17.9 Å². The van der Waals surface area contributed by atoms with Gasteiger partial charge < -0.3 is 10.5 Å². The van der Waals surface area contributed by atoms with Crippen molar-refractivity contribution in [1.82, 2.24) is 19.9 Å². The highest BCUT2D eigenvalue weighted by molar-refractivity contribution is 5.57. The second kappa shape index (κ2) is 6.00. The minimum Gasteiger partial charge on any atom is -0.464 e. The average molecular weight is 299 g/mol. The number of rotatable bonds is 4. The summed E-state index contributed by atoms with van der Waals surface area (Å²) in [6.45, 7) is 2.27. The van der Waals surface area contributed by atoms with Crippen LogP contribution in [0.5, 0.6) is 6.01 Å². The molecule has 6 nitrogen and oxygen atoms in total. The lowest BCUT2D eigenvalue weighted by molar-refractivity contribution is -0.144. The van der Waals surface area contributed by atoms with Crippen molar-refractivity contribution in [1.29, 1.82) is 0 Å². The van der Waals surface area contributed by atoms with Crippen molar-refractivity contribution in [2.75, 3.05) is 6.61 Å². The van der Waals surface area contributed by atoms with Crippen molar-refractivity contribution >= 4 is 0 Å². The van der Waals surface area contributed by atoms with E-state index in [9.17, 15) is 13.2 Å². The number of ether oxygens (including phenoxy) is 1. The third-order valence-corrected chi connectivity index (χ3v) is 2.44. The number of nitrogens with two attached hydrogens (primary N) is 1. The average Bonchev–Trinajstić information content (AvgIpc) is 2.46. The normalized spacial score (nSPS) is 11.5. The molecule has 0 saturated carbocycles. The highest BCUT2D eigenvalue weighted by Crippen LogP contribution is 2.27. The minimum absolute atomic E-state index is 0.107. The third kappa shape index (κ3) is 3.63. The van der Waals surface area contributed by atoms with E-state index < -0.39 is 12.0 Å². The first-order chi connectivity index (χ1) is 9.94. The van der Waals surface area contributed by atoms with E-state index >= 15 is 0 Å². The summed E-state index contributed by atoms with van der Waals surface area (Å²) in [5.41, 5.74) is 6.69. The molecule has 0 fully saturated rings. The fourth-order valence-electron chi connectivity index (χ4n) is 1.53. The molecular formula is C12H12F3N5O. The maximum absolute atomic E-state index is 12.4. The first-order valence-corrected chi connectivity index (χ1v) is 6.04. The second-order valence-electron chi connectivity index (χ2n) is 3.96. The quantitative estimate of drug-likeness (QED) is 0.926. The van der Waals surface area contributed by atoms with Gasteiger partial charge in [-0.2, -0.15) is 23.1 Å². The highest BCUT2D eigenvalue weighted by atomic mass is 19.4. The Bertz CT molecular complexity index is 615. The molecule has 112 valence electrons. The summed E-state index contributed by atoms with van der Waals surface area (Å²) in [5, 5.41) is 0. The molecule has 0 atom stereocenters. The van der Waals surface area contributed by atoms with Crippen LogP contribution in [0.15, 0.2) is 18.5 Å². The maximum Gasteiger partial charge on any atom is 0.451 e. The number of alkyl halides is 3. The van der Waals surface area contributed by atoms with E-state index in [4.69, 9.17) is 10.5 Å². The van der Waals surface area contributed by atoms with E-state index in [0.717, 1.165) is 12.4 Å². The minimum atomic E-state index is -4.58. The molecule has 0 aromatic carbocycles. The Morgan fingerprint density at radius 2 is 1.86 bits per heavy atom. The van der Waals surface area contributed by atoms with E-state index in [2.05, 4.69) is 19.9 Å². The van der Waals surface area contributed by atoms with Crippen LogP contribution in [0.4, 0.5) is 13.2 Å². The van der Waals surface area contributed by atoms with Gasteiger partial charge in [0, 0.05) is 24.5 Å². The molecule has 2 aromatic rings. The zero-order valence-electron chi connectivity index (χ0n) is 11.1. The van der Waals surface area contributed by atoms with Crippen molar-refractivity contribution in [3.63, 3.8) is 0 Å². The summed E-state index contributed by atoms with van der Waals surface area (Å²) in [7, 11) is 0. The lowest BCUT2D eigenvalue weighted by atomic mass is 10.2. The number of hydrogen-bond acceptors (Lipinski definition) is 6. The number of halogens is 3. The van der Waals surface area contributed by atoms with E-state index in [0.29, 0.717) is 23.6 Å². The van der Waals surface area contributed by atoms with Crippen LogP contribution in [-0.4, -0.2) is 26.5 Å². The molecule has 0 unspecified atom stereocenters. The second-order valence-corrected chi connectivity index (χ2v) is 3.96. The third-order valence-electron chi connectivity index (χ3n) is 2.44. The fraction of sp³-hybridized carbons (Fsp3) is 0.333. The van der Waals surface area contributed by atoms with Crippen LogP contribution in [0.25, 0.3) is 11.3 Å². The summed E-state index contributed by atoms with van der Waals surface area (Å²) >= 11 is 0. The molecule has 0 saturated heterocycles. The molecule has 9 heteroatoms. The fourth-order valence-corrected chi connectivity index (χ4v) is 1.53. The Labute approximate surface area is 118 Å². The predicted octanol–water partition coefficient (Wildman–Crippen LogP) is 1.81. The molecule has 0 amide bonds. The topological polar surface area (TPSA) is 86.8 Å². The molecule has 0 radical (unpaired) electrons. The van der Waals surface area contributed by atoms with Gasteiger partial charge in [0.2, 0.25) is 5.82 Å². The number of hydrogen-bond donors (Lipinski definition) is 1. The molecule has 0 aliphatic heterocycles. The molecule has 2 rings (SSSR count). The lowest BCUT2D eigenvalue weighted by Crippen LogP contribution is -2.10. The van der Waals surface area contributed by atoms with E-state index in [1.807, 2.05) is 0 Å². The zero-order valence-corrected chi connectivity index (χ0v) is 11.1. The number of nitrogens with zero attached hydrogens (tertiary/aromatic N) is 4. The highest BCUT2D eigenvalue weighted by Gasteiger charge is 2.34. The van der Waals surface area contributed by atoms with Gasteiger partial charge in [0.25, 0.3) is 0 Å². The standard InChI is InChI=1S/C12H12F3N5O/c1-2-21-11-19-8(4-16)3-9(20-11)7-5-17-10(18-6-7)12(13,14)15/h3,5-6H,2,4,16H2,1H3. The van der Waals surface area contributed by atoms with Gasteiger partial charge >= 0.3 is 12.2 Å². The molecular weight excluding hydrogens is 287 g/mol. The molecule has 2 heterocycles. The lowest BCUT2D eigenvalue weighted by Gasteiger charge is -2.08. The smallest absolute Gasteiger partial charge is 0.451 e. The van der Waals surface area contributed by atoms with Crippen molar-refractivity contribution in [2.45, 2.75) is 19.6 Å². The molecule has 0 aliphatic carbocycles. The Hall–Kier alpha value is -2.29. The molecule has 0 aliphatic rings. The zero-order chi connectivity index (χ0) is 15.5. The van der Waals surface area contributed by atoms with Gasteiger partial charge in [-0.3, -0.25) is 0 Å². The van der Waals surface area contributed by atoms with Crippen LogP contribution in [0.1, 0.15) is 18.4 Å². The van der Waals surface area contributed by atoms with Gasteiger partial charge in [-0.05, 0) is 13.0 Å². The summed E-state index contributed by atoms with van der Waals surface area (Å²) in [4.78, 5) is 14.7. The molecule has 2 aromatic heterocycles. The van der Waals surface area contributed by atoms with Crippen molar-refractivity contribution in [2.24, 2.45) is 5.73 Å². The SMILES string of the molecule is CCOc1nc(CN)cc(-c2cnc(C(F)(F)F)nc2)n1. The maximum atomic E-state index is 12.4. The summed E-state index contributed by atoms with van der Waals surface area (Å²) in [6, 6.07) is 1.66. The number of aromatic nitrogens is 4. The van der Waals surface area contributed by atoms with Crippen LogP contribution in [0.2, 0.25) is 0 Å². The largest absolute Gasteiger partial charge is 0.464 e. The Kier molecular flexibility index (Phi) is 4.32. The molecule has 21 heavy (non-hydrogen) atoms.